The molecule has 112 valence electrons. The van der Waals surface area contributed by atoms with Crippen LogP contribution >= 0.6 is 11.6 Å². The monoisotopic (exact) mass is 312 g/mol. The van der Waals surface area contributed by atoms with Crippen LogP contribution in [0.1, 0.15) is 29.6 Å². The van der Waals surface area contributed by atoms with E-state index in [1.54, 1.807) is 0 Å². The minimum Gasteiger partial charge on any atom is -0.368 e. The van der Waals surface area contributed by atoms with Crippen LogP contribution in [0.3, 0.4) is 0 Å². The predicted octanol–water partition coefficient (Wildman–Crippen LogP) is 1.12. The Morgan fingerprint density at radius 1 is 1.48 bits per heavy atom. The summed E-state index contributed by atoms with van der Waals surface area (Å²) in [5.41, 5.74) is 4.66. The Hall–Kier alpha value is -2.22. The van der Waals surface area contributed by atoms with Crippen LogP contribution in [0.15, 0.2) is 12.3 Å². The van der Waals surface area contributed by atoms with Crippen LogP contribution in [0.5, 0.6) is 0 Å². The maximum atomic E-state index is 12.5. The Balaban J connectivity index is 2.40. The van der Waals surface area contributed by atoms with Crippen molar-refractivity contribution >= 4 is 29.1 Å². The third-order valence-corrected chi connectivity index (χ3v) is 3.58. The lowest BCUT2D eigenvalue weighted by molar-refractivity contribution is -0.385. The summed E-state index contributed by atoms with van der Waals surface area (Å²) in [7, 11) is 0. The molecule has 1 fully saturated rings. The van der Waals surface area contributed by atoms with E-state index in [0.717, 1.165) is 18.7 Å². The lowest BCUT2D eigenvalue weighted by Gasteiger charge is -2.33. The number of pyridine rings is 1. The average Bonchev–Trinajstić information content (AvgIpc) is 2.46. The zero-order chi connectivity index (χ0) is 15.6. The van der Waals surface area contributed by atoms with Crippen LogP contribution < -0.4 is 5.73 Å². The number of nitrogens with zero attached hydrogens (tertiary/aromatic N) is 3. The molecule has 8 nitrogen and oxygen atoms in total. The fraction of sp³-hybridized carbons (Fsp3) is 0.417. The van der Waals surface area contributed by atoms with Crippen LogP contribution in [0.4, 0.5) is 5.69 Å². The second-order valence-electron chi connectivity index (χ2n) is 4.69. The number of halogens is 1. The van der Waals surface area contributed by atoms with Crippen molar-refractivity contribution in [3.05, 3.63) is 33.1 Å². The van der Waals surface area contributed by atoms with Crippen molar-refractivity contribution in [2.75, 3.05) is 6.54 Å². The van der Waals surface area contributed by atoms with E-state index >= 15 is 0 Å². The molecule has 9 heteroatoms. The molecule has 0 radical (unpaired) electrons. The van der Waals surface area contributed by atoms with Gasteiger partial charge in [0.1, 0.15) is 23.0 Å². The summed E-state index contributed by atoms with van der Waals surface area (Å²) in [5.74, 6) is -1.25. The quantitative estimate of drug-likeness (QED) is 0.509. The lowest BCUT2D eigenvalue weighted by Crippen LogP contribution is -2.50. The molecule has 1 saturated heterocycles. The van der Waals surface area contributed by atoms with E-state index in [9.17, 15) is 19.7 Å². The molecule has 0 saturated carbocycles. The first-order valence-corrected chi connectivity index (χ1v) is 6.70. The van der Waals surface area contributed by atoms with E-state index < -0.39 is 28.5 Å². The molecule has 0 bridgehead atoms. The van der Waals surface area contributed by atoms with E-state index in [1.165, 1.54) is 4.90 Å². The van der Waals surface area contributed by atoms with Gasteiger partial charge in [-0.15, -0.1) is 0 Å². The van der Waals surface area contributed by atoms with Gasteiger partial charge in [0.15, 0.2) is 0 Å². The molecule has 2 amide bonds. The summed E-state index contributed by atoms with van der Waals surface area (Å²) >= 11 is 5.71. The van der Waals surface area contributed by atoms with Crippen molar-refractivity contribution < 1.29 is 14.5 Å². The van der Waals surface area contributed by atoms with Crippen molar-refractivity contribution in [2.45, 2.75) is 25.3 Å². The van der Waals surface area contributed by atoms with Crippen molar-refractivity contribution in [3.8, 4) is 0 Å². The Kier molecular flexibility index (Phi) is 4.37. The highest BCUT2D eigenvalue weighted by atomic mass is 35.5. The Labute approximate surface area is 125 Å². The zero-order valence-corrected chi connectivity index (χ0v) is 11.7. The van der Waals surface area contributed by atoms with E-state index in [4.69, 9.17) is 17.3 Å². The molecule has 0 aliphatic carbocycles. The molecule has 1 atom stereocenters. The summed E-state index contributed by atoms with van der Waals surface area (Å²) < 4.78 is 0. The second kappa shape index (κ2) is 6.04. The SMILES string of the molecule is NC(=O)C1CCCCN1C(=O)c1cc(Cl)ncc1[N+](=O)[O-]. The maximum absolute atomic E-state index is 12.5. The van der Waals surface area contributed by atoms with Gasteiger partial charge in [-0.05, 0) is 25.3 Å². The summed E-state index contributed by atoms with van der Waals surface area (Å²) in [6.45, 7) is 0.323. The number of likely N-dealkylation sites (tertiary alicyclic amines) is 1. The number of hydrogen-bond donors (Lipinski definition) is 1. The third kappa shape index (κ3) is 3.10. The number of carbonyl (C=O) groups excluding carboxylic acids is 2. The van der Waals surface area contributed by atoms with Gasteiger partial charge in [-0.2, -0.15) is 0 Å². The third-order valence-electron chi connectivity index (χ3n) is 3.37. The van der Waals surface area contributed by atoms with E-state index in [2.05, 4.69) is 4.98 Å². The Bertz CT molecular complexity index is 607. The molecule has 1 aliphatic heterocycles. The first-order valence-electron chi connectivity index (χ1n) is 6.32. The van der Waals surface area contributed by atoms with Gasteiger partial charge < -0.3 is 10.6 Å². The smallest absolute Gasteiger partial charge is 0.300 e. The molecule has 1 unspecified atom stereocenters. The van der Waals surface area contributed by atoms with Gasteiger partial charge in [0.25, 0.3) is 11.6 Å². The van der Waals surface area contributed by atoms with Gasteiger partial charge in [-0.25, -0.2) is 4.98 Å². The highest BCUT2D eigenvalue weighted by molar-refractivity contribution is 6.29. The highest BCUT2D eigenvalue weighted by Gasteiger charge is 2.34. The first-order chi connectivity index (χ1) is 9.91. The second-order valence-corrected chi connectivity index (χ2v) is 5.08. The lowest BCUT2D eigenvalue weighted by atomic mass is 10.00. The largest absolute Gasteiger partial charge is 0.368 e. The molecule has 2 N–H and O–H groups in total. The number of aromatic nitrogens is 1. The molecule has 1 aliphatic rings. The van der Waals surface area contributed by atoms with Crippen molar-refractivity contribution in [1.82, 2.24) is 9.88 Å². The minimum absolute atomic E-state index is 0.0309. The molecular weight excluding hydrogens is 300 g/mol. The number of rotatable bonds is 3. The normalized spacial score (nSPS) is 18.3. The van der Waals surface area contributed by atoms with Gasteiger partial charge in [0.2, 0.25) is 5.91 Å². The van der Waals surface area contributed by atoms with Crippen LogP contribution in [0.2, 0.25) is 5.15 Å². The number of nitro groups is 1. The standard InChI is InChI=1S/C12H13ClN4O4/c13-10-5-7(9(6-15-10)17(20)21)12(19)16-4-2-1-3-8(16)11(14)18/h5-6,8H,1-4H2,(H2,14,18). The molecular formula is C12H13ClN4O4. The number of piperidine rings is 1. The fourth-order valence-corrected chi connectivity index (χ4v) is 2.52. The number of primary amides is 1. The van der Waals surface area contributed by atoms with Crippen molar-refractivity contribution in [2.24, 2.45) is 5.73 Å². The van der Waals surface area contributed by atoms with Crippen LogP contribution in [0, 0.1) is 10.1 Å². The number of carbonyl (C=O) groups is 2. The van der Waals surface area contributed by atoms with Crippen LogP contribution in [-0.2, 0) is 4.79 Å². The number of amides is 2. The predicted molar refractivity (Wildman–Crippen MR) is 73.8 cm³/mol. The van der Waals surface area contributed by atoms with Gasteiger partial charge in [0, 0.05) is 6.54 Å². The molecule has 0 aromatic carbocycles. The van der Waals surface area contributed by atoms with Gasteiger partial charge in [-0.1, -0.05) is 11.6 Å². The fourth-order valence-electron chi connectivity index (χ4n) is 2.36. The summed E-state index contributed by atoms with van der Waals surface area (Å²) in [6.07, 6.45) is 2.87. The first kappa shape index (κ1) is 15.2. The van der Waals surface area contributed by atoms with Gasteiger partial charge >= 0.3 is 0 Å². The topological polar surface area (TPSA) is 119 Å². The van der Waals surface area contributed by atoms with E-state index in [1.807, 2.05) is 0 Å². The van der Waals surface area contributed by atoms with Crippen molar-refractivity contribution in [1.29, 1.82) is 0 Å². The molecule has 0 spiro atoms. The summed E-state index contributed by atoms with van der Waals surface area (Å²) in [5, 5.41) is 11.0. The van der Waals surface area contributed by atoms with Gasteiger partial charge in [0.05, 0.1) is 4.92 Å². The highest BCUT2D eigenvalue weighted by Crippen LogP contribution is 2.25. The number of nitrogens with two attached hydrogens (primary N) is 1. The summed E-state index contributed by atoms with van der Waals surface area (Å²) in [6, 6.07) is 0.382. The average molecular weight is 313 g/mol. The Morgan fingerprint density at radius 3 is 2.81 bits per heavy atom. The van der Waals surface area contributed by atoms with Crippen molar-refractivity contribution in [3.63, 3.8) is 0 Å². The molecule has 21 heavy (non-hydrogen) atoms. The maximum Gasteiger partial charge on any atom is 0.300 e. The molecule has 2 rings (SSSR count). The van der Waals surface area contributed by atoms with Gasteiger partial charge in [-0.3, -0.25) is 19.7 Å². The molecule has 1 aromatic rings. The van der Waals surface area contributed by atoms with Crippen LogP contribution in [-0.4, -0.2) is 39.2 Å². The minimum atomic E-state index is -0.752. The van der Waals surface area contributed by atoms with Crippen LogP contribution in [0.25, 0.3) is 0 Å². The van der Waals surface area contributed by atoms with E-state index in [-0.39, 0.29) is 10.7 Å². The molecule has 1 aromatic heterocycles. The zero-order valence-electron chi connectivity index (χ0n) is 11.0. The Morgan fingerprint density at radius 2 is 2.19 bits per heavy atom. The molecule has 2 heterocycles. The van der Waals surface area contributed by atoms with E-state index in [0.29, 0.717) is 19.4 Å². The number of hydrogen-bond acceptors (Lipinski definition) is 5. The summed E-state index contributed by atoms with van der Waals surface area (Å²) in [4.78, 5) is 39.1.